The molecule has 1 aliphatic rings. The average Bonchev–Trinajstić information content (AvgIpc) is 2.83. The van der Waals surface area contributed by atoms with Crippen molar-refractivity contribution in [1.82, 2.24) is 0 Å². The van der Waals surface area contributed by atoms with Crippen LogP contribution in [0, 0.1) is 29.6 Å². The monoisotopic (exact) mass is 512 g/mol. The maximum Gasteiger partial charge on any atom is 0.331 e. The average molecular weight is 513 g/mol. The number of hydrogen-bond donors (Lipinski definition) is 2. The minimum atomic E-state index is -0.726. The summed E-state index contributed by atoms with van der Waals surface area (Å²) in [7, 11) is 0. The summed E-state index contributed by atoms with van der Waals surface area (Å²) in [5.74, 6) is -0.580. The lowest BCUT2D eigenvalue weighted by Crippen LogP contribution is -2.34. The Kier molecular flexibility index (Phi) is 14.4. The number of Topliss-reactive ketones (excluding diaryl/α,β-unsaturated/α-hetero) is 1. The first-order valence-corrected chi connectivity index (χ1v) is 13.4. The zero-order valence-corrected chi connectivity index (χ0v) is 24.0. The van der Waals surface area contributed by atoms with E-state index in [4.69, 9.17) is 9.84 Å². The molecule has 0 aliphatic carbocycles. The summed E-state index contributed by atoms with van der Waals surface area (Å²) in [5, 5.41) is 19.7. The predicted molar refractivity (Wildman–Crippen MR) is 152 cm³/mol. The first-order chi connectivity index (χ1) is 17.3. The van der Waals surface area contributed by atoms with Gasteiger partial charge in [-0.2, -0.15) is 0 Å². The number of ether oxygens (including phenoxy) is 1. The Morgan fingerprint density at radius 3 is 2.38 bits per heavy atom. The Balaban J connectivity index is 2.62. The summed E-state index contributed by atoms with van der Waals surface area (Å²) in [4.78, 5) is 24.4. The van der Waals surface area contributed by atoms with Crippen LogP contribution in [-0.4, -0.2) is 40.8 Å². The molecule has 7 atom stereocenters. The molecule has 1 heterocycles. The highest BCUT2D eigenvalue weighted by Gasteiger charge is 2.29. The van der Waals surface area contributed by atoms with Gasteiger partial charge in [-0.1, -0.05) is 93.9 Å². The number of allylic oxidation sites excluding steroid dienone is 8. The lowest BCUT2D eigenvalue weighted by atomic mass is 9.83. The number of carbonyl (C=O) groups is 2. The van der Waals surface area contributed by atoms with Gasteiger partial charge in [-0.3, -0.25) is 4.79 Å². The number of ketones is 1. The molecule has 0 unspecified atom stereocenters. The molecule has 1 aliphatic heterocycles. The molecule has 2 N–H and O–H groups in total. The van der Waals surface area contributed by atoms with Crippen molar-refractivity contribution in [2.24, 2.45) is 29.6 Å². The van der Waals surface area contributed by atoms with Crippen LogP contribution in [-0.2, 0) is 14.3 Å². The smallest absolute Gasteiger partial charge is 0.331 e. The van der Waals surface area contributed by atoms with Gasteiger partial charge >= 0.3 is 5.97 Å². The van der Waals surface area contributed by atoms with Crippen molar-refractivity contribution in [3.05, 3.63) is 71.4 Å². The topological polar surface area (TPSA) is 83.8 Å². The third-order valence-corrected chi connectivity index (χ3v) is 6.88. The highest BCUT2D eigenvalue weighted by atomic mass is 16.5. The van der Waals surface area contributed by atoms with Gasteiger partial charge in [-0.25, -0.2) is 4.79 Å². The van der Waals surface area contributed by atoms with Gasteiger partial charge in [0.25, 0.3) is 0 Å². The number of hydrogen-bond acceptors (Lipinski definition) is 5. The van der Waals surface area contributed by atoms with Crippen molar-refractivity contribution in [3.8, 4) is 0 Å². The second-order valence-corrected chi connectivity index (χ2v) is 10.8. The molecule has 5 nitrogen and oxygen atoms in total. The molecule has 0 aromatic carbocycles. The van der Waals surface area contributed by atoms with Crippen LogP contribution in [0.3, 0.4) is 0 Å². The number of cyclic esters (lactones) is 1. The highest BCUT2D eigenvalue weighted by Crippen LogP contribution is 2.24. The molecule has 0 amide bonds. The van der Waals surface area contributed by atoms with Crippen molar-refractivity contribution in [2.75, 3.05) is 6.61 Å². The quantitative estimate of drug-likeness (QED) is 0.162. The number of rotatable bonds is 14. The van der Waals surface area contributed by atoms with Gasteiger partial charge < -0.3 is 14.9 Å². The predicted octanol–water partition coefficient (Wildman–Crippen LogP) is 6.30. The third-order valence-electron chi connectivity index (χ3n) is 6.88. The van der Waals surface area contributed by atoms with E-state index in [2.05, 4.69) is 19.1 Å². The molecular formula is C32H48O5. The highest BCUT2D eigenvalue weighted by molar-refractivity contribution is 5.85. The van der Waals surface area contributed by atoms with Gasteiger partial charge in [-0.05, 0) is 51.5 Å². The fraction of sp³-hybridized carbons (Fsp3) is 0.562. The lowest BCUT2D eigenvalue weighted by Gasteiger charge is -2.25. The van der Waals surface area contributed by atoms with Gasteiger partial charge in [0.1, 0.15) is 11.9 Å². The van der Waals surface area contributed by atoms with E-state index in [-0.39, 0.29) is 42.2 Å². The van der Waals surface area contributed by atoms with E-state index in [1.807, 2.05) is 71.9 Å². The minimum Gasteiger partial charge on any atom is -0.454 e. The maximum absolute atomic E-state index is 12.9. The standard InChI is InChI=1S/C32H48O5/c1-21(18-23(3)12-14-29-25(5)13-15-30(34)37-29)10-9-11-22(2)19-26(6)31(35)28(8)32(36)27(7)20-24(4)16-17-33/h9,11-16,18-19,21,25-29,32-33,36H,10,17,20H2,1-8H3/b11-9+,14-12+,22-19-,23-18+,24-16+/t21-,25+,26+,27-,28-,29+,32+/m1/s1. The Hall–Kier alpha value is -2.50. The molecule has 206 valence electrons. The van der Waals surface area contributed by atoms with E-state index in [1.54, 1.807) is 13.0 Å². The summed E-state index contributed by atoms with van der Waals surface area (Å²) in [6.45, 7) is 15.7. The van der Waals surface area contributed by atoms with Crippen LogP contribution in [0.5, 0.6) is 0 Å². The Labute approximate surface area is 224 Å². The number of aliphatic hydroxyl groups is 2. The first-order valence-electron chi connectivity index (χ1n) is 13.4. The Morgan fingerprint density at radius 1 is 1.08 bits per heavy atom. The zero-order valence-electron chi connectivity index (χ0n) is 24.0. The van der Waals surface area contributed by atoms with Crippen LogP contribution in [0.1, 0.15) is 68.2 Å². The van der Waals surface area contributed by atoms with E-state index in [1.165, 1.54) is 6.08 Å². The van der Waals surface area contributed by atoms with Gasteiger partial charge in [0, 0.05) is 23.8 Å². The number of carbonyl (C=O) groups excluding carboxylic acids is 2. The number of esters is 1. The minimum absolute atomic E-state index is 0.0140. The normalized spacial score (nSPS) is 23.7. The molecular weight excluding hydrogens is 464 g/mol. The molecule has 1 rings (SSSR count). The van der Waals surface area contributed by atoms with E-state index in [0.717, 1.165) is 23.1 Å². The summed E-state index contributed by atoms with van der Waals surface area (Å²) in [6.07, 6.45) is 17.9. The third kappa shape index (κ3) is 12.1. The molecule has 0 bridgehead atoms. The van der Waals surface area contributed by atoms with Crippen molar-refractivity contribution < 1.29 is 24.5 Å². The second kappa shape index (κ2) is 16.4. The largest absolute Gasteiger partial charge is 0.454 e. The van der Waals surface area contributed by atoms with Crippen LogP contribution in [0.15, 0.2) is 71.4 Å². The zero-order chi connectivity index (χ0) is 28.1. The first kappa shape index (κ1) is 32.5. The van der Waals surface area contributed by atoms with Crippen LogP contribution in [0.25, 0.3) is 0 Å². The molecule has 0 fully saturated rings. The lowest BCUT2D eigenvalue weighted by molar-refractivity contribution is -0.143. The van der Waals surface area contributed by atoms with E-state index < -0.39 is 12.0 Å². The van der Waals surface area contributed by atoms with Crippen molar-refractivity contribution in [3.63, 3.8) is 0 Å². The molecule has 37 heavy (non-hydrogen) atoms. The van der Waals surface area contributed by atoms with E-state index in [0.29, 0.717) is 12.3 Å². The Bertz CT molecular complexity index is 933. The maximum atomic E-state index is 12.9. The van der Waals surface area contributed by atoms with Gasteiger partial charge in [0.05, 0.1) is 12.7 Å². The van der Waals surface area contributed by atoms with Crippen LogP contribution < -0.4 is 0 Å². The summed E-state index contributed by atoms with van der Waals surface area (Å²) in [5.41, 5.74) is 3.15. The van der Waals surface area contributed by atoms with Crippen molar-refractivity contribution in [1.29, 1.82) is 0 Å². The molecule has 0 saturated carbocycles. The molecule has 0 radical (unpaired) electrons. The second-order valence-electron chi connectivity index (χ2n) is 10.8. The van der Waals surface area contributed by atoms with Crippen molar-refractivity contribution in [2.45, 2.75) is 80.4 Å². The summed E-state index contributed by atoms with van der Waals surface area (Å²) >= 11 is 0. The van der Waals surface area contributed by atoms with Gasteiger partial charge in [-0.15, -0.1) is 0 Å². The fourth-order valence-corrected chi connectivity index (χ4v) is 4.60. The SMILES string of the molecule is CC(=C/[C@H](C)C(=O)[C@@H](C)[C@@H](O)[C@H](C)C/C(C)=C/CO)/C=C/C[C@@H](C)/C=C(C)/C=C/[C@@H]1OC(=O)C=C[C@@H]1C. The van der Waals surface area contributed by atoms with E-state index in [9.17, 15) is 14.7 Å². The van der Waals surface area contributed by atoms with Crippen LogP contribution >= 0.6 is 0 Å². The molecule has 0 spiro atoms. The molecule has 5 heteroatoms. The van der Waals surface area contributed by atoms with Crippen molar-refractivity contribution >= 4 is 11.8 Å². The van der Waals surface area contributed by atoms with Crippen LogP contribution in [0.4, 0.5) is 0 Å². The molecule has 0 saturated heterocycles. The van der Waals surface area contributed by atoms with Gasteiger partial charge in [0.2, 0.25) is 0 Å². The van der Waals surface area contributed by atoms with E-state index >= 15 is 0 Å². The molecule has 0 aromatic rings. The summed E-state index contributed by atoms with van der Waals surface area (Å²) in [6, 6.07) is 0. The summed E-state index contributed by atoms with van der Waals surface area (Å²) < 4.78 is 5.35. The van der Waals surface area contributed by atoms with Crippen LogP contribution in [0.2, 0.25) is 0 Å². The van der Waals surface area contributed by atoms with Gasteiger partial charge in [0.15, 0.2) is 0 Å². The Morgan fingerprint density at radius 2 is 1.73 bits per heavy atom. The molecule has 0 aromatic heterocycles. The fourth-order valence-electron chi connectivity index (χ4n) is 4.60. The number of aliphatic hydroxyl groups excluding tert-OH is 2.